The molecule has 0 bridgehead atoms. The minimum atomic E-state index is 0.310. The maximum atomic E-state index is 12.1. The second kappa shape index (κ2) is 5.68. The van der Waals surface area contributed by atoms with E-state index in [1.54, 1.807) is 0 Å². The van der Waals surface area contributed by atoms with Crippen LogP contribution in [0.5, 0.6) is 0 Å². The zero-order valence-electron chi connectivity index (χ0n) is 10.8. The summed E-state index contributed by atoms with van der Waals surface area (Å²) in [7, 11) is 0. The molecule has 0 atom stereocenters. The summed E-state index contributed by atoms with van der Waals surface area (Å²) in [5, 5.41) is 2.15. The zero-order valence-corrected chi connectivity index (χ0v) is 11.7. The van der Waals surface area contributed by atoms with Crippen LogP contribution >= 0.6 is 11.3 Å². The first-order valence-corrected chi connectivity index (χ1v) is 7.52. The standard InChI is InChI=1S/C16H17NOS/c18-15(10-13-4-2-1-3-5-13)12-17-8-6-16-14(11-17)7-9-19-16/h1-5,7,9H,6,8,10-12H2. The van der Waals surface area contributed by atoms with E-state index in [4.69, 9.17) is 0 Å². The lowest BCUT2D eigenvalue weighted by Gasteiger charge is -2.26. The van der Waals surface area contributed by atoms with Gasteiger partial charge in [-0.15, -0.1) is 11.3 Å². The van der Waals surface area contributed by atoms with E-state index in [0.717, 1.165) is 25.1 Å². The van der Waals surface area contributed by atoms with Crippen molar-refractivity contribution in [1.29, 1.82) is 0 Å². The van der Waals surface area contributed by atoms with E-state index in [1.807, 2.05) is 41.7 Å². The molecule has 0 amide bonds. The fourth-order valence-corrected chi connectivity index (χ4v) is 3.46. The molecule has 0 N–H and O–H groups in total. The highest BCUT2D eigenvalue weighted by Crippen LogP contribution is 2.23. The van der Waals surface area contributed by atoms with Crippen LogP contribution in [0.1, 0.15) is 16.0 Å². The molecule has 98 valence electrons. The Hall–Kier alpha value is -1.45. The van der Waals surface area contributed by atoms with Gasteiger partial charge in [0.1, 0.15) is 0 Å². The van der Waals surface area contributed by atoms with Crippen LogP contribution in [0.15, 0.2) is 41.8 Å². The monoisotopic (exact) mass is 271 g/mol. The van der Waals surface area contributed by atoms with Crippen molar-refractivity contribution in [2.75, 3.05) is 13.1 Å². The maximum absolute atomic E-state index is 12.1. The molecule has 0 saturated carbocycles. The van der Waals surface area contributed by atoms with Crippen LogP contribution in [-0.4, -0.2) is 23.8 Å². The molecule has 3 heteroatoms. The number of fused-ring (bicyclic) bond motifs is 1. The molecule has 3 rings (SSSR count). The molecule has 0 fully saturated rings. The molecule has 2 heterocycles. The van der Waals surface area contributed by atoms with Gasteiger partial charge in [0.05, 0.1) is 6.54 Å². The maximum Gasteiger partial charge on any atom is 0.151 e. The smallest absolute Gasteiger partial charge is 0.151 e. The van der Waals surface area contributed by atoms with Gasteiger partial charge in [0.15, 0.2) is 5.78 Å². The van der Waals surface area contributed by atoms with Crippen LogP contribution in [0.2, 0.25) is 0 Å². The predicted octanol–water partition coefficient (Wildman–Crippen LogP) is 2.92. The highest BCUT2D eigenvalue weighted by molar-refractivity contribution is 7.10. The highest BCUT2D eigenvalue weighted by atomic mass is 32.1. The molecule has 19 heavy (non-hydrogen) atoms. The van der Waals surface area contributed by atoms with Crippen LogP contribution in [-0.2, 0) is 24.2 Å². The third-order valence-corrected chi connectivity index (χ3v) is 4.55. The van der Waals surface area contributed by atoms with Gasteiger partial charge in [-0.3, -0.25) is 9.69 Å². The SMILES string of the molecule is O=C(Cc1ccccc1)CN1CCc2sccc2C1. The largest absolute Gasteiger partial charge is 0.298 e. The summed E-state index contributed by atoms with van der Waals surface area (Å²) < 4.78 is 0. The molecule has 0 aliphatic carbocycles. The van der Waals surface area contributed by atoms with Crippen LogP contribution in [0.4, 0.5) is 0 Å². The first-order chi connectivity index (χ1) is 9.31. The molecule has 2 nitrogen and oxygen atoms in total. The summed E-state index contributed by atoms with van der Waals surface area (Å²) in [6, 6.07) is 12.2. The van der Waals surface area contributed by atoms with E-state index in [0.29, 0.717) is 18.7 Å². The number of carbonyl (C=O) groups is 1. The number of thiophene rings is 1. The second-order valence-electron chi connectivity index (χ2n) is 5.03. The Morgan fingerprint density at radius 2 is 2.05 bits per heavy atom. The molecule has 2 aromatic rings. The van der Waals surface area contributed by atoms with Crippen LogP contribution < -0.4 is 0 Å². The Morgan fingerprint density at radius 3 is 2.89 bits per heavy atom. The van der Waals surface area contributed by atoms with Crippen LogP contribution in [0, 0.1) is 0 Å². The van der Waals surface area contributed by atoms with Gasteiger partial charge in [0.25, 0.3) is 0 Å². The average molecular weight is 271 g/mol. The van der Waals surface area contributed by atoms with Gasteiger partial charge in [0.2, 0.25) is 0 Å². The second-order valence-corrected chi connectivity index (χ2v) is 6.03. The van der Waals surface area contributed by atoms with Gasteiger partial charge in [0, 0.05) is 24.4 Å². The van der Waals surface area contributed by atoms with Gasteiger partial charge in [-0.25, -0.2) is 0 Å². The van der Waals surface area contributed by atoms with Crippen molar-refractivity contribution in [1.82, 2.24) is 4.90 Å². The van der Waals surface area contributed by atoms with Crippen molar-refractivity contribution in [2.45, 2.75) is 19.4 Å². The van der Waals surface area contributed by atoms with Gasteiger partial charge in [-0.05, 0) is 29.0 Å². The van der Waals surface area contributed by atoms with Gasteiger partial charge < -0.3 is 0 Å². The molecular weight excluding hydrogens is 254 g/mol. The first kappa shape index (κ1) is 12.6. The highest BCUT2D eigenvalue weighted by Gasteiger charge is 2.19. The third-order valence-electron chi connectivity index (χ3n) is 3.53. The van der Waals surface area contributed by atoms with Gasteiger partial charge in [-0.2, -0.15) is 0 Å². The van der Waals surface area contributed by atoms with Crippen molar-refractivity contribution in [2.24, 2.45) is 0 Å². The number of rotatable bonds is 4. The molecule has 0 unspecified atom stereocenters. The topological polar surface area (TPSA) is 20.3 Å². The average Bonchev–Trinajstić information content (AvgIpc) is 2.87. The van der Waals surface area contributed by atoms with E-state index in [9.17, 15) is 4.79 Å². The number of hydrogen-bond acceptors (Lipinski definition) is 3. The Labute approximate surface area is 117 Å². The molecule has 0 saturated heterocycles. The van der Waals surface area contributed by atoms with Crippen molar-refractivity contribution < 1.29 is 4.79 Å². The van der Waals surface area contributed by atoms with Crippen LogP contribution in [0.25, 0.3) is 0 Å². The molecule has 0 radical (unpaired) electrons. The normalized spacial score (nSPS) is 15.2. The van der Waals surface area contributed by atoms with Crippen molar-refractivity contribution in [3.05, 3.63) is 57.8 Å². The van der Waals surface area contributed by atoms with E-state index in [2.05, 4.69) is 16.3 Å². The van der Waals surface area contributed by atoms with Gasteiger partial charge >= 0.3 is 0 Å². The first-order valence-electron chi connectivity index (χ1n) is 6.64. The number of carbonyl (C=O) groups excluding carboxylic acids is 1. The number of Topliss-reactive ketones (excluding diaryl/α,β-unsaturated/α-hetero) is 1. The van der Waals surface area contributed by atoms with Crippen molar-refractivity contribution in [3.63, 3.8) is 0 Å². The Kier molecular flexibility index (Phi) is 3.76. The molecular formula is C16H17NOS. The number of ketones is 1. The van der Waals surface area contributed by atoms with Crippen molar-refractivity contribution in [3.8, 4) is 0 Å². The summed E-state index contributed by atoms with van der Waals surface area (Å²) in [6.07, 6.45) is 1.64. The lowest BCUT2D eigenvalue weighted by molar-refractivity contribution is -0.119. The molecule has 0 spiro atoms. The Morgan fingerprint density at radius 1 is 1.21 bits per heavy atom. The number of benzene rings is 1. The summed E-state index contributed by atoms with van der Waals surface area (Å²) in [4.78, 5) is 15.8. The Balaban J connectivity index is 1.56. The fraction of sp³-hybridized carbons (Fsp3) is 0.312. The van der Waals surface area contributed by atoms with E-state index < -0.39 is 0 Å². The minimum absolute atomic E-state index is 0.310. The summed E-state index contributed by atoms with van der Waals surface area (Å²) in [6.45, 7) is 2.51. The number of hydrogen-bond donors (Lipinski definition) is 0. The lowest BCUT2D eigenvalue weighted by Crippen LogP contribution is -2.34. The molecule has 1 aromatic carbocycles. The molecule has 1 aromatic heterocycles. The Bertz CT molecular complexity index is 561. The fourth-order valence-electron chi connectivity index (χ4n) is 2.57. The predicted molar refractivity (Wildman–Crippen MR) is 78.5 cm³/mol. The van der Waals surface area contributed by atoms with Crippen molar-refractivity contribution >= 4 is 17.1 Å². The number of nitrogens with zero attached hydrogens (tertiary/aromatic N) is 1. The van der Waals surface area contributed by atoms with E-state index in [-0.39, 0.29) is 0 Å². The van der Waals surface area contributed by atoms with Gasteiger partial charge in [-0.1, -0.05) is 30.3 Å². The molecule has 1 aliphatic heterocycles. The summed E-state index contributed by atoms with van der Waals surface area (Å²) in [5.74, 6) is 0.310. The van der Waals surface area contributed by atoms with Crippen LogP contribution in [0.3, 0.4) is 0 Å². The zero-order chi connectivity index (χ0) is 13.1. The molecule has 1 aliphatic rings. The third kappa shape index (κ3) is 3.11. The lowest BCUT2D eigenvalue weighted by atomic mass is 10.1. The van der Waals surface area contributed by atoms with E-state index in [1.165, 1.54) is 10.4 Å². The quantitative estimate of drug-likeness (QED) is 0.852. The minimum Gasteiger partial charge on any atom is -0.298 e. The van der Waals surface area contributed by atoms with E-state index >= 15 is 0 Å². The summed E-state index contributed by atoms with van der Waals surface area (Å²) >= 11 is 1.84. The summed E-state index contributed by atoms with van der Waals surface area (Å²) in [5.41, 5.74) is 2.52.